The SMILES string of the molecule is CNCc1cc(S(=O)(=O)NC(C)Cc2ccsc2)cs1. The van der Waals surface area contributed by atoms with E-state index in [1.54, 1.807) is 22.8 Å². The first-order valence-electron chi connectivity index (χ1n) is 6.26. The number of hydrogen-bond acceptors (Lipinski definition) is 5. The lowest BCUT2D eigenvalue weighted by molar-refractivity contribution is 0.560. The van der Waals surface area contributed by atoms with Gasteiger partial charge in [0.05, 0.1) is 4.90 Å². The standard InChI is InChI=1S/C13H18N2O2S3/c1-10(5-11-3-4-18-8-11)15-20(16,17)13-6-12(7-14-2)19-9-13/h3-4,6,8-10,14-15H,5,7H2,1-2H3. The lowest BCUT2D eigenvalue weighted by Crippen LogP contribution is -2.33. The summed E-state index contributed by atoms with van der Waals surface area (Å²) in [7, 11) is -1.58. The molecule has 0 aliphatic heterocycles. The summed E-state index contributed by atoms with van der Waals surface area (Å²) in [6.45, 7) is 2.57. The zero-order valence-electron chi connectivity index (χ0n) is 11.4. The molecule has 4 nitrogen and oxygen atoms in total. The quantitative estimate of drug-likeness (QED) is 0.820. The highest BCUT2D eigenvalue weighted by atomic mass is 32.2. The first-order chi connectivity index (χ1) is 9.51. The van der Waals surface area contributed by atoms with Crippen molar-refractivity contribution in [1.29, 1.82) is 0 Å². The maximum absolute atomic E-state index is 12.3. The van der Waals surface area contributed by atoms with Gasteiger partial charge in [-0.25, -0.2) is 13.1 Å². The molecule has 2 aromatic heterocycles. The van der Waals surface area contributed by atoms with Gasteiger partial charge >= 0.3 is 0 Å². The summed E-state index contributed by atoms with van der Waals surface area (Å²) in [5, 5.41) is 8.74. The maximum atomic E-state index is 12.3. The smallest absolute Gasteiger partial charge is 0.241 e. The van der Waals surface area contributed by atoms with Crippen LogP contribution in [0.1, 0.15) is 17.4 Å². The van der Waals surface area contributed by atoms with Gasteiger partial charge in [-0.3, -0.25) is 0 Å². The zero-order chi connectivity index (χ0) is 14.6. The van der Waals surface area contributed by atoms with E-state index in [1.165, 1.54) is 11.3 Å². The topological polar surface area (TPSA) is 58.2 Å². The predicted octanol–water partition coefficient (Wildman–Crippen LogP) is 2.44. The Hall–Kier alpha value is -0.730. The number of sulfonamides is 1. The van der Waals surface area contributed by atoms with Crippen LogP contribution in [0.4, 0.5) is 0 Å². The Balaban J connectivity index is 2.02. The molecule has 0 saturated heterocycles. The van der Waals surface area contributed by atoms with E-state index in [1.807, 2.05) is 30.8 Å². The van der Waals surface area contributed by atoms with Crippen LogP contribution in [-0.2, 0) is 23.0 Å². The Morgan fingerprint density at radius 2 is 2.15 bits per heavy atom. The first-order valence-corrected chi connectivity index (χ1v) is 9.57. The van der Waals surface area contributed by atoms with E-state index in [0.29, 0.717) is 17.9 Å². The fourth-order valence-electron chi connectivity index (χ4n) is 1.91. The molecule has 0 amide bonds. The van der Waals surface area contributed by atoms with E-state index < -0.39 is 10.0 Å². The molecule has 0 aliphatic rings. The molecular weight excluding hydrogens is 312 g/mol. The van der Waals surface area contributed by atoms with Crippen molar-refractivity contribution < 1.29 is 8.42 Å². The Labute approximate surface area is 127 Å². The minimum Gasteiger partial charge on any atom is -0.315 e. The molecule has 20 heavy (non-hydrogen) atoms. The fourth-order valence-corrected chi connectivity index (χ4v) is 5.12. The number of nitrogens with one attached hydrogen (secondary N) is 2. The van der Waals surface area contributed by atoms with Crippen LogP contribution in [0, 0.1) is 0 Å². The number of rotatable bonds is 7. The lowest BCUT2D eigenvalue weighted by atomic mass is 10.1. The van der Waals surface area contributed by atoms with E-state index in [9.17, 15) is 8.42 Å². The van der Waals surface area contributed by atoms with Crippen molar-refractivity contribution >= 4 is 32.7 Å². The Bertz CT molecular complexity index is 632. The van der Waals surface area contributed by atoms with Crippen LogP contribution in [0.25, 0.3) is 0 Å². The van der Waals surface area contributed by atoms with Crippen molar-refractivity contribution in [2.75, 3.05) is 7.05 Å². The van der Waals surface area contributed by atoms with E-state index in [-0.39, 0.29) is 6.04 Å². The van der Waals surface area contributed by atoms with Gasteiger partial charge < -0.3 is 5.32 Å². The molecule has 110 valence electrons. The van der Waals surface area contributed by atoms with Gasteiger partial charge in [-0.05, 0) is 48.8 Å². The van der Waals surface area contributed by atoms with Crippen LogP contribution < -0.4 is 10.0 Å². The second-order valence-corrected chi connectivity index (χ2v) is 8.13. The summed E-state index contributed by atoms with van der Waals surface area (Å²) in [5.41, 5.74) is 1.16. The van der Waals surface area contributed by atoms with Gasteiger partial charge in [0.1, 0.15) is 0 Å². The second-order valence-electron chi connectivity index (χ2n) is 4.64. The van der Waals surface area contributed by atoms with Gasteiger partial charge in [-0.1, -0.05) is 0 Å². The third-order valence-electron chi connectivity index (χ3n) is 2.77. The molecule has 0 saturated carbocycles. The number of hydrogen-bond donors (Lipinski definition) is 2. The average Bonchev–Trinajstić information content (AvgIpc) is 3.00. The van der Waals surface area contributed by atoms with Crippen molar-refractivity contribution in [1.82, 2.24) is 10.0 Å². The minimum atomic E-state index is -3.42. The highest BCUT2D eigenvalue weighted by Gasteiger charge is 2.19. The molecule has 2 heterocycles. The summed E-state index contributed by atoms with van der Waals surface area (Å²) in [6.07, 6.45) is 0.705. The van der Waals surface area contributed by atoms with Crippen molar-refractivity contribution in [2.24, 2.45) is 0 Å². The van der Waals surface area contributed by atoms with Gasteiger partial charge in [-0.2, -0.15) is 11.3 Å². The molecule has 2 rings (SSSR count). The van der Waals surface area contributed by atoms with Crippen molar-refractivity contribution in [3.63, 3.8) is 0 Å². The van der Waals surface area contributed by atoms with Gasteiger partial charge in [0.25, 0.3) is 0 Å². The van der Waals surface area contributed by atoms with Gasteiger partial charge in [0.15, 0.2) is 0 Å². The Morgan fingerprint density at radius 1 is 1.35 bits per heavy atom. The first kappa shape index (κ1) is 15.7. The molecule has 1 atom stereocenters. The molecule has 0 radical (unpaired) electrons. The maximum Gasteiger partial charge on any atom is 0.241 e. The largest absolute Gasteiger partial charge is 0.315 e. The molecule has 0 fully saturated rings. The van der Waals surface area contributed by atoms with Crippen molar-refractivity contribution in [2.45, 2.75) is 30.8 Å². The molecule has 0 aliphatic carbocycles. The van der Waals surface area contributed by atoms with Crippen molar-refractivity contribution in [3.8, 4) is 0 Å². The predicted molar refractivity (Wildman–Crippen MR) is 84.9 cm³/mol. The van der Waals surface area contributed by atoms with Crippen LogP contribution in [0.3, 0.4) is 0 Å². The summed E-state index contributed by atoms with van der Waals surface area (Å²) >= 11 is 3.08. The van der Waals surface area contributed by atoms with Crippen molar-refractivity contribution in [3.05, 3.63) is 38.7 Å². The van der Waals surface area contributed by atoms with E-state index in [0.717, 1.165) is 10.4 Å². The van der Waals surface area contributed by atoms with Gasteiger partial charge in [0, 0.05) is 22.8 Å². The van der Waals surface area contributed by atoms with Crippen LogP contribution in [-0.4, -0.2) is 21.5 Å². The molecule has 7 heteroatoms. The van der Waals surface area contributed by atoms with E-state index in [4.69, 9.17) is 0 Å². The fraction of sp³-hybridized carbons (Fsp3) is 0.385. The Morgan fingerprint density at radius 3 is 2.80 bits per heavy atom. The molecule has 2 N–H and O–H groups in total. The van der Waals surface area contributed by atoms with E-state index >= 15 is 0 Å². The third-order valence-corrected chi connectivity index (χ3v) is 6.16. The normalized spacial score (nSPS) is 13.5. The monoisotopic (exact) mass is 330 g/mol. The molecule has 0 bridgehead atoms. The summed E-state index contributed by atoms with van der Waals surface area (Å²) in [4.78, 5) is 1.36. The molecule has 2 aromatic rings. The van der Waals surface area contributed by atoms with Crippen LogP contribution in [0.5, 0.6) is 0 Å². The average molecular weight is 330 g/mol. The number of thiophene rings is 2. The van der Waals surface area contributed by atoms with Gasteiger partial charge in [-0.15, -0.1) is 11.3 Å². The molecule has 0 spiro atoms. The summed E-state index contributed by atoms with van der Waals surface area (Å²) < 4.78 is 27.3. The summed E-state index contributed by atoms with van der Waals surface area (Å²) in [6, 6.07) is 3.62. The lowest BCUT2D eigenvalue weighted by Gasteiger charge is -2.12. The molecular formula is C13H18N2O2S3. The highest BCUT2D eigenvalue weighted by molar-refractivity contribution is 7.89. The second kappa shape index (κ2) is 6.82. The molecule has 1 unspecified atom stereocenters. The Kier molecular flexibility index (Phi) is 5.34. The van der Waals surface area contributed by atoms with E-state index in [2.05, 4.69) is 10.0 Å². The van der Waals surface area contributed by atoms with Gasteiger partial charge in [0.2, 0.25) is 10.0 Å². The van der Waals surface area contributed by atoms with Crippen LogP contribution in [0.15, 0.2) is 33.2 Å². The third kappa shape index (κ3) is 4.13. The molecule has 0 aromatic carbocycles. The van der Waals surface area contributed by atoms with Crippen LogP contribution >= 0.6 is 22.7 Å². The summed E-state index contributed by atoms with van der Waals surface area (Å²) in [5.74, 6) is 0. The zero-order valence-corrected chi connectivity index (χ0v) is 13.9. The van der Waals surface area contributed by atoms with Crippen LogP contribution in [0.2, 0.25) is 0 Å². The minimum absolute atomic E-state index is 0.123. The highest BCUT2D eigenvalue weighted by Crippen LogP contribution is 2.19.